The van der Waals surface area contributed by atoms with Gasteiger partial charge in [-0.25, -0.2) is 4.39 Å². The van der Waals surface area contributed by atoms with E-state index in [0.717, 1.165) is 11.1 Å². The largest absolute Gasteiger partial charge is 0.341 e. The number of rotatable bonds is 5. The first-order valence-corrected chi connectivity index (χ1v) is 7.93. The molecule has 0 unspecified atom stereocenters. The predicted octanol–water partition coefficient (Wildman–Crippen LogP) is 3.50. The third kappa shape index (κ3) is 4.09. The summed E-state index contributed by atoms with van der Waals surface area (Å²) in [4.78, 5) is 18.2. The molecule has 3 rings (SSSR count). The van der Waals surface area contributed by atoms with Crippen molar-refractivity contribution < 1.29 is 13.7 Å². The van der Waals surface area contributed by atoms with Crippen LogP contribution >= 0.6 is 0 Å². The molecule has 0 atom stereocenters. The number of nitrogens with zero attached hydrogens (tertiary/aromatic N) is 3. The van der Waals surface area contributed by atoms with E-state index in [1.54, 1.807) is 11.9 Å². The molecular weight excluding hydrogens is 321 g/mol. The molecule has 0 N–H and O–H groups in total. The normalized spacial score (nSPS) is 10.7. The number of hydrogen-bond acceptors (Lipinski definition) is 4. The van der Waals surface area contributed by atoms with E-state index in [0.29, 0.717) is 30.2 Å². The predicted molar refractivity (Wildman–Crippen MR) is 91.5 cm³/mol. The second-order valence-electron chi connectivity index (χ2n) is 5.87. The molecule has 0 radical (unpaired) electrons. The molecule has 0 aliphatic carbocycles. The summed E-state index contributed by atoms with van der Waals surface area (Å²) in [5, 5.41) is 3.96. The number of hydrogen-bond donors (Lipinski definition) is 0. The highest BCUT2D eigenvalue weighted by atomic mass is 19.1. The van der Waals surface area contributed by atoms with E-state index in [2.05, 4.69) is 10.1 Å². The number of aryl methyl sites for hydroxylation is 1. The SMILES string of the molecule is Cc1ccc(-c2nc(CCN(C)C(=O)c3ccc(F)cc3)no2)cc1. The zero-order valence-electron chi connectivity index (χ0n) is 14.1. The number of likely N-dealkylation sites (N-methyl/N-ethyl adjacent to an activating group) is 1. The molecular formula is C19H18FN3O2. The Morgan fingerprint density at radius 3 is 2.48 bits per heavy atom. The van der Waals surface area contributed by atoms with Gasteiger partial charge in [-0.15, -0.1) is 0 Å². The standard InChI is InChI=1S/C19H18FN3O2/c1-13-3-5-14(6-4-13)18-21-17(22-25-18)11-12-23(2)19(24)15-7-9-16(20)10-8-15/h3-10H,11-12H2,1-2H3. The summed E-state index contributed by atoms with van der Waals surface area (Å²) in [7, 11) is 1.69. The molecule has 0 saturated carbocycles. The maximum atomic E-state index is 12.9. The molecule has 0 aliphatic rings. The summed E-state index contributed by atoms with van der Waals surface area (Å²) in [5.41, 5.74) is 2.46. The number of carbonyl (C=O) groups excluding carboxylic acids is 1. The fraction of sp³-hybridized carbons (Fsp3) is 0.211. The number of amides is 1. The van der Waals surface area contributed by atoms with Crippen LogP contribution in [0.25, 0.3) is 11.5 Å². The molecule has 6 heteroatoms. The average Bonchev–Trinajstić information content (AvgIpc) is 3.09. The second kappa shape index (κ2) is 7.25. The lowest BCUT2D eigenvalue weighted by Crippen LogP contribution is -2.29. The molecule has 0 saturated heterocycles. The first-order valence-electron chi connectivity index (χ1n) is 7.93. The highest BCUT2D eigenvalue weighted by Crippen LogP contribution is 2.17. The lowest BCUT2D eigenvalue weighted by molar-refractivity contribution is 0.0795. The van der Waals surface area contributed by atoms with Crippen LogP contribution in [0.3, 0.4) is 0 Å². The van der Waals surface area contributed by atoms with Gasteiger partial charge in [0, 0.05) is 31.1 Å². The zero-order chi connectivity index (χ0) is 17.8. The van der Waals surface area contributed by atoms with E-state index in [1.165, 1.54) is 24.3 Å². The molecule has 128 valence electrons. The molecule has 1 heterocycles. The van der Waals surface area contributed by atoms with Crippen molar-refractivity contribution in [2.24, 2.45) is 0 Å². The molecule has 0 fully saturated rings. The summed E-state index contributed by atoms with van der Waals surface area (Å²) in [6.07, 6.45) is 0.471. The Bertz CT molecular complexity index is 857. The number of halogens is 1. The van der Waals surface area contributed by atoms with E-state index in [-0.39, 0.29) is 11.7 Å². The fourth-order valence-corrected chi connectivity index (χ4v) is 2.35. The fourth-order valence-electron chi connectivity index (χ4n) is 2.35. The maximum absolute atomic E-state index is 12.9. The van der Waals surface area contributed by atoms with E-state index >= 15 is 0 Å². The van der Waals surface area contributed by atoms with Crippen molar-refractivity contribution >= 4 is 5.91 Å². The molecule has 25 heavy (non-hydrogen) atoms. The van der Waals surface area contributed by atoms with Crippen molar-refractivity contribution in [1.82, 2.24) is 15.0 Å². The van der Waals surface area contributed by atoms with Gasteiger partial charge in [0.1, 0.15) is 5.82 Å². The van der Waals surface area contributed by atoms with Crippen LogP contribution in [0.1, 0.15) is 21.7 Å². The molecule has 1 aromatic heterocycles. The van der Waals surface area contributed by atoms with Crippen molar-refractivity contribution in [2.45, 2.75) is 13.3 Å². The molecule has 3 aromatic rings. The van der Waals surface area contributed by atoms with Gasteiger partial charge in [-0.2, -0.15) is 4.98 Å². The van der Waals surface area contributed by atoms with Crippen molar-refractivity contribution in [1.29, 1.82) is 0 Å². The van der Waals surface area contributed by atoms with Gasteiger partial charge in [-0.1, -0.05) is 22.9 Å². The first-order chi connectivity index (χ1) is 12.0. The minimum Gasteiger partial charge on any atom is -0.341 e. The van der Waals surface area contributed by atoms with Crippen LogP contribution in [0.4, 0.5) is 4.39 Å². The Labute approximate surface area is 145 Å². The van der Waals surface area contributed by atoms with Crippen molar-refractivity contribution in [3.05, 3.63) is 71.3 Å². The highest BCUT2D eigenvalue weighted by Gasteiger charge is 2.14. The maximum Gasteiger partial charge on any atom is 0.257 e. The van der Waals surface area contributed by atoms with Crippen molar-refractivity contribution in [3.63, 3.8) is 0 Å². The van der Waals surface area contributed by atoms with Gasteiger partial charge in [0.05, 0.1) is 0 Å². The summed E-state index contributed by atoms with van der Waals surface area (Å²) < 4.78 is 18.2. The summed E-state index contributed by atoms with van der Waals surface area (Å²) in [6, 6.07) is 13.3. The Morgan fingerprint density at radius 1 is 1.12 bits per heavy atom. The molecule has 0 spiro atoms. The van der Waals surface area contributed by atoms with Crippen molar-refractivity contribution in [3.8, 4) is 11.5 Å². The van der Waals surface area contributed by atoms with Crippen LogP contribution in [-0.2, 0) is 6.42 Å². The van der Waals surface area contributed by atoms with Gasteiger partial charge in [-0.05, 0) is 43.3 Å². The minimum absolute atomic E-state index is 0.178. The van der Waals surface area contributed by atoms with E-state index in [1.807, 2.05) is 31.2 Å². The Balaban J connectivity index is 1.60. The molecule has 1 amide bonds. The van der Waals surface area contributed by atoms with Crippen LogP contribution in [0, 0.1) is 12.7 Å². The molecule has 5 nitrogen and oxygen atoms in total. The van der Waals surface area contributed by atoms with Gasteiger partial charge >= 0.3 is 0 Å². The van der Waals surface area contributed by atoms with Crippen molar-refractivity contribution in [2.75, 3.05) is 13.6 Å². The van der Waals surface area contributed by atoms with Gasteiger partial charge in [0.25, 0.3) is 11.8 Å². The summed E-state index contributed by atoms with van der Waals surface area (Å²) >= 11 is 0. The minimum atomic E-state index is -0.366. The van der Waals surface area contributed by atoms with Gasteiger partial charge in [0.15, 0.2) is 5.82 Å². The average molecular weight is 339 g/mol. The third-order valence-electron chi connectivity index (χ3n) is 3.88. The lowest BCUT2D eigenvalue weighted by atomic mass is 10.1. The first kappa shape index (κ1) is 16.8. The number of carbonyl (C=O) groups is 1. The van der Waals surface area contributed by atoms with Crippen LogP contribution in [0.5, 0.6) is 0 Å². The number of aromatic nitrogens is 2. The third-order valence-corrected chi connectivity index (χ3v) is 3.88. The van der Waals surface area contributed by atoms with E-state index in [9.17, 15) is 9.18 Å². The molecule has 2 aromatic carbocycles. The topological polar surface area (TPSA) is 59.2 Å². The Morgan fingerprint density at radius 2 is 1.80 bits per heavy atom. The van der Waals surface area contributed by atoms with Crippen LogP contribution in [-0.4, -0.2) is 34.5 Å². The molecule has 0 bridgehead atoms. The van der Waals surface area contributed by atoms with Gasteiger partial charge in [0.2, 0.25) is 0 Å². The smallest absolute Gasteiger partial charge is 0.257 e. The van der Waals surface area contributed by atoms with Gasteiger partial charge in [-0.3, -0.25) is 4.79 Å². The highest BCUT2D eigenvalue weighted by molar-refractivity contribution is 5.94. The monoisotopic (exact) mass is 339 g/mol. The number of benzene rings is 2. The summed E-state index contributed by atoms with van der Waals surface area (Å²) in [5.74, 6) is 0.453. The van der Waals surface area contributed by atoms with E-state index < -0.39 is 0 Å². The summed E-state index contributed by atoms with van der Waals surface area (Å²) in [6.45, 7) is 2.44. The Kier molecular flexibility index (Phi) is 4.88. The molecule has 0 aliphatic heterocycles. The quantitative estimate of drug-likeness (QED) is 0.714. The zero-order valence-corrected chi connectivity index (χ0v) is 14.1. The van der Waals surface area contributed by atoms with E-state index in [4.69, 9.17) is 4.52 Å². The lowest BCUT2D eigenvalue weighted by Gasteiger charge is -2.16. The second-order valence-corrected chi connectivity index (χ2v) is 5.87. The van der Waals surface area contributed by atoms with Crippen LogP contribution < -0.4 is 0 Å². The van der Waals surface area contributed by atoms with Crippen LogP contribution in [0.2, 0.25) is 0 Å². The van der Waals surface area contributed by atoms with Gasteiger partial charge < -0.3 is 9.42 Å². The Hall–Kier alpha value is -3.02. The van der Waals surface area contributed by atoms with Crippen LogP contribution in [0.15, 0.2) is 53.1 Å².